The predicted octanol–water partition coefficient (Wildman–Crippen LogP) is 3.74. The van der Waals surface area contributed by atoms with Gasteiger partial charge >= 0.3 is 0 Å². The summed E-state index contributed by atoms with van der Waals surface area (Å²) in [6.45, 7) is 3.89. The Balaban J connectivity index is 1.38. The van der Waals surface area contributed by atoms with E-state index < -0.39 is 0 Å². The normalized spacial score (nSPS) is 17.8. The number of fused-ring (bicyclic) bond motifs is 1. The summed E-state index contributed by atoms with van der Waals surface area (Å²) in [7, 11) is 0. The molecule has 1 saturated heterocycles. The van der Waals surface area contributed by atoms with Crippen LogP contribution in [-0.4, -0.2) is 59.8 Å². The number of anilines is 1. The second-order valence-electron chi connectivity index (χ2n) is 9.18. The Kier molecular flexibility index (Phi) is 6.77. The van der Waals surface area contributed by atoms with Gasteiger partial charge in [-0.3, -0.25) is 20.0 Å². The quantitative estimate of drug-likeness (QED) is 0.463. The van der Waals surface area contributed by atoms with E-state index in [4.69, 9.17) is 10.1 Å². The van der Waals surface area contributed by atoms with Crippen LogP contribution in [0.5, 0.6) is 0 Å². The van der Waals surface area contributed by atoms with Gasteiger partial charge in [0.15, 0.2) is 0 Å². The van der Waals surface area contributed by atoms with Gasteiger partial charge in [-0.05, 0) is 30.7 Å². The van der Waals surface area contributed by atoms with Crippen molar-refractivity contribution >= 4 is 34.1 Å². The first-order valence-corrected chi connectivity index (χ1v) is 12.2. The van der Waals surface area contributed by atoms with E-state index >= 15 is 0 Å². The van der Waals surface area contributed by atoms with Crippen molar-refractivity contribution in [3.63, 3.8) is 0 Å². The van der Waals surface area contributed by atoms with Crippen molar-refractivity contribution in [2.75, 3.05) is 31.6 Å². The summed E-state index contributed by atoms with van der Waals surface area (Å²) < 4.78 is 5.50. The molecule has 8 heteroatoms. The van der Waals surface area contributed by atoms with Crippen molar-refractivity contribution in [3.05, 3.63) is 83.2 Å². The Bertz CT molecular complexity index is 1360. The maximum absolute atomic E-state index is 13.0. The second kappa shape index (κ2) is 10.3. The molecule has 3 aromatic rings. The number of hydrogen-bond donors (Lipinski definition) is 3. The molecule has 3 heterocycles. The van der Waals surface area contributed by atoms with Gasteiger partial charge in [0, 0.05) is 60.8 Å². The van der Waals surface area contributed by atoms with Crippen LogP contribution in [0.4, 0.5) is 5.69 Å². The van der Waals surface area contributed by atoms with E-state index in [0.717, 1.165) is 35.2 Å². The van der Waals surface area contributed by atoms with Gasteiger partial charge in [-0.15, -0.1) is 0 Å². The molecular formula is C28H29N5O3. The summed E-state index contributed by atoms with van der Waals surface area (Å²) in [4.78, 5) is 31.3. The van der Waals surface area contributed by atoms with Gasteiger partial charge in [0.2, 0.25) is 5.91 Å². The number of benzene rings is 2. The molecule has 8 nitrogen and oxygen atoms in total. The molecule has 0 bridgehead atoms. The van der Waals surface area contributed by atoms with Gasteiger partial charge in [0.05, 0.1) is 35.8 Å². The monoisotopic (exact) mass is 483 g/mol. The van der Waals surface area contributed by atoms with Gasteiger partial charge in [0.25, 0.3) is 5.91 Å². The number of carbonyl (C=O) groups is 2. The standard InChI is InChI=1S/C28H29N5O3/c1-18(34)33-11-9-26(31-22-10-12-36-17-22)24(16-33)27(29)20-6-4-7-21(13-20)28(35)32-23-14-19-5-2-3-8-25(19)30-15-23/h2-8,13-15,22,29,31H,9-12,16-17H2,1H3,(H,32,35). The molecule has 36 heavy (non-hydrogen) atoms. The topological polar surface area (TPSA) is 107 Å². The van der Waals surface area contributed by atoms with Crippen LogP contribution in [-0.2, 0) is 9.53 Å². The first-order valence-electron chi connectivity index (χ1n) is 12.2. The Hall–Kier alpha value is -4.04. The molecule has 1 aromatic heterocycles. The van der Waals surface area contributed by atoms with Crippen LogP contribution in [0.3, 0.4) is 0 Å². The number of nitrogens with one attached hydrogen (secondary N) is 3. The minimum absolute atomic E-state index is 0.0133. The third-order valence-electron chi connectivity index (χ3n) is 6.66. The number of pyridine rings is 1. The predicted molar refractivity (Wildman–Crippen MR) is 139 cm³/mol. The molecule has 3 N–H and O–H groups in total. The SMILES string of the molecule is CC(=O)N1CCC(NC2CCOC2)=C(C(=N)c2cccc(C(=O)Nc3cnc4ccccc4c3)c2)C1. The van der Waals surface area contributed by atoms with E-state index in [-0.39, 0.29) is 17.9 Å². The number of hydrogen-bond acceptors (Lipinski definition) is 6. The molecule has 1 atom stereocenters. The van der Waals surface area contributed by atoms with Crippen molar-refractivity contribution in [1.82, 2.24) is 15.2 Å². The zero-order valence-electron chi connectivity index (χ0n) is 20.2. The van der Waals surface area contributed by atoms with Crippen molar-refractivity contribution in [2.45, 2.75) is 25.8 Å². The summed E-state index contributed by atoms with van der Waals surface area (Å²) in [6.07, 6.45) is 3.21. The summed E-state index contributed by atoms with van der Waals surface area (Å²) in [5.74, 6) is -0.285. The number of aromatic nitrogens is 1. The van der Waals surface area contributed by atoms with Gasteiger partial charge < -0.3 is 20.3 Å². The van der Waals surface area contributed by atoms with E-state index in [2.05, 4.69) is 15.6 Å². The highest BCUT2D eigenvalue weighted by Gasteiger charge is 2.27. The lowest BCUT2D eigenvalue weighted by Gasteiger charge is -2.32. The zero-order chi connectivity index (χ0) is 25.1. The van der Waals surface area contributed by atoms with Crippen LogP contribution < -0.4 is 10.6 Å². The Labute approximate surface area is 209 Å². The first kappa shape index (κ1) is 23.7. The fourth-order valence-electron chi connectivity index (χ4n) is 4.65. The van der Waals surface area contributed by atoms with Crippen LogP contribution in [0.1, 0.15) is 35.7 Å². The molecule has 0 spiro atoms. The van der Waals surface area contributed by atoms with E-state index in [0.29, 0.717) is 48.6 Å². The number of para-hydroxylation sites is 1. The second-order valence-corrected chi connectivity index (χ2v) is 9.18. The minimum atomic E-state index is -0.272. The number of amides is 2. The fraction of sp³-hybridized carbons (Fsp3) is 0.286. The van der Waals surface area contributed by atoms with E-state index in [1.54, 1.807) is 36.2 Å². The van der Waals surface area contributed by atoms with Crippen LogP contribution in [0.15, 0.2) is 72.1 Å². The molecule has 1 fully saturated rings. The lowest BCUT2D eigenvalue weighted by Crippen LogP contribution is -2.42. The van der Waals surface area contributed by atoms with Crippen LogP contribution in [0, 0.1) is 5.41 Å². The fourth-order valence-corrected chi connectivity index (χ4v) is 4.65. The Morgan fingerprint density at radius 3 is 2.75 bits per heavy atom. The molecule has 2 aliphatic rings. The molecular weight excluding hydrogens is 454 g/mol. The summed E-state index contributed by atoms with van der Waals surface area (Å²) in [5.41, 5.74) is 4.61. The zero-order valence-corrected chi connectivity index (χ0v) is 20.2. The highest BCUT2D eigenvalue weighted by molar-refractivity contribution is 6.13. The lowest BCUT2D eigenvalue weighted by molar-refractivity contribution is -0.128. The third kappa shape index (κ3) is 5.13. The van der Waals surface area contributed by atoms with Gasteiger partial charge in [-0.2, -0.15) is 0 Å². The van der Waals surface area contributed by atoms with Crippen molar-refractivity contribution in [3.8, 4) is 0 Å². The average molecular weight is 484 g/mol. The molecule has 2 amide bonds. The molecule has 0 radical (unpaired) electrons. The molecule has 5 rings (SSSR count). The lowest BCUT2D eigenvalue weighted by atomic mass is 9.94. The molecule has 0 saturated carbocycles. The Morgan fingerprint density at radius 1 is 1.11 bits per heavy atom. The summed E-state index contributed by atoms with van der Waals surface area (Å²) in [6, 6.07) is 16.9. The highest BCUT2D eigenvalue weighted by Crippen LogP contribution is 2.23. The summed E-state index contributed by atoms with van der Waals surface area (Å²) in [5, 5.41) is 16.4. The van der Waals surface area contributed by atoms with Crippen molar-refractivity contribution < 1.29 is 14.3 Å². The minimum Gasteiger partial charge on any atom is -0.383 e. The van der Waals surface area contributed by atoms with Crippen LogP contribution in [0.25, 0.3) is 10.9 Å². The number of ether oxygens (including phenoxy) is 1. The number of carbonyl (C=O) groups excluding carboxylic acids is 2. The maximum Gasteiger partial charge on any atom is 0.255 e. The van der Waals surface area contributed by atoms with Crippen LogP contribution in [0.2, 0.25) is 0 Å². The van der Waals surface area contributed by atoms with Crippen molar-refractivity contribution in [2.24, 2.45) is 0 Å². The number of nitrogens with zero attached hydrogens (tertiary/aromatic N) is 2. The smallest absolute Gasteiger partial charge is 0.255 e. The van der Waals surface area contributed by atoms with E-state index in [1.165, 1.54) is 0 Å². The number of rotatable bonds is 6. The van der Waals surface area contributed by atoms with Crippen molar-refractivity contribution in [1.29, 1.82) is 5.41 Å². The molecule has 0 aliphatic carbocycles. The summed E-state index contributed by atoms with van der Waals surface area (Å²) >= 11 is 0. The maximum atomic E-state index is 13.0. The molecule has 2 aromatic carbocycles. The molecule has 2 aliphatic heterocycles. The van der Waals surface area contributed by atoms with Gasteiger partial charge in [-0.25, -0.2) is 0 Å². The molecule has 1 unspecified atom stereocenters. The highest BCUT2D eigenvalue weighted by atomic mass is 16.5. The van der Waals surface area contributed by atoms with Gasteiger partial charge in [-0.1, -0.05) is 30.3 Å². The molecule has 184 valence electrons. The van der Waals surface area contributed by atoms with Gasteiger partial charge in [0.1, 0.15) is 0 Å². The Morgan fingerprint density at radius 2 is 1.94 bits per heavy atom. The largest absolute Gasteiger partial charge is 0.383 e. The van der Waals surface area contributed by atoms with Crippen LogP contribution >= 0.6 is 0 Å². The average Bonchev–Trinajstić information content (AvgIpc) is 3.41. The first-order chi connectivity index (χ1) is 17.5. The van der Waals surface area contributed by atoms with E-state index in [9.17, 15) is 9.59 Å². The van der Waals surface area contributed by atoms with E-state index in [1.807, 2.05) is 36.4 Å². The third-order valence-corrected chi connectivity index (χ3v) is 6.66.